The second-order valence-corrected chi connectivity index (χ2v) is 5.76. The first-order valence-electron chi connectivity index (χ1n) is 8.93. The quantitative estimate of drug-likeness (QED) is 0.348. The fourth-order valence-electron chi connectivity index (χ4n) is 2.53. The van der Waals surface area contributed by atoms with Gasteiger partial charge in [0.15, 0.2) is 17.2 Å². The molecular weight excluding hydrogens is 370 g/mol. The van der Waals surface area contributed by atoms with E-state index in [1.807, 2.05) is 48.5 Å². The second kappa shape index (κ2) is 9.86. The highest BCUT2D eigenvalue weighted by molar-refractivity contribution is 5.58. The third kappa shape index (κ3) is 5.08. The minimum absolute atomic E-state index is 0.434. The largest absolute Gasteiger partial charge is 0.385 e. The topological polar surface area (TPSA) is 79.4 Å². The van der Waals surface area contributed by atoms with Crippen molar-refractivity contribution in [1.29, 1.82) is 0 Å². The monoisotopic (exact) mass is 393 g/mol. The van der Waals surface area contributed by atoms with E-state index in [4.69, 9.17) is 14.5 Å². The molecule has 0 fully saturated rings. The number of nitrogens with zero attached hydrogens (tertiary/aromatic N) is 2. The van der Waals surface area contributed by atoms with Crippen LogP contribution in [-0.4, -0.2) is 26.2 Å². The zero-order valence-electron chi connectivity index (χ0n) is 16.3. The first kappa shape index (κ1) is 19.8. The average Bonchev–Trinajstić information content (AvgIpc) is 2.76. The van der Waals surface area contributed by atoms with Gasteiger partial charge in [0, 0.05) is 20.8 Å². The van der Waals surface area contributed by atoms with Gasteiger partial charge in [-0.25, -0.2) is 0 Å². The van der Waals surface area contributed by atoms with Crippen molar-refractivity contribution in [2.45, 2.75) is 0 Å². The molecule has 3 rings (SSSR count). The maximum absolute atomic E-state index is 5.90. The number of hydrogen-bond donors (Lipinski definition) is 3. The van der Waals surface area contributed by atoms with E-state index in [-0.39, 0.29) is 0 Å². The molecule has 29 heavy (non-hydrogen) atoms. The van der Waals surface area contributed by atoms with Crippen LogP contribution in [-0.2, 0) is 0 Å². The van der Waals surface area contributed by atoms with E-state index in [0.717, 1.165) is 16.8 Å². The van der Waals surface area contributed by atoms with Gasteiger partial charge < -0.3 is 25.1 Å². The van der Waals surface area contributed by atoms with Crippen molar-refractivity contribution in [3.63, 3.8) is 0 Å². The summed E-state index contributed by atoms with van der Waals surface area (Å²) in [4.78, 5) is 17.7. The Balaban J connectivity index is 1.92. The summed E-state index contributed by atoms with van der Waals surface area (Å²) >= 11 is 0. The van der Waals surface area contributed by atoms with Crippen LogP contribution in [0.4, 0.5) is 17.1 Å². The molecule has 0 aliphatic rings. The molecule has 0 aliphatic heterocycles. The van der Waals surface area contributed by atoms with Crippen LogP contribution in [0.3, 0.4) is 0 Å². The van der Waals surface area contributed by atoms with Crippen LogP contribution in [0.25, 0.3) is 0 Å². The van der Waals surface area contributed by atoms with Crippen LogP contribution in [0.1, 0.15) is 0 Å². The molecule has 0 saturated heterocycles. The van der Waals surface area contributed by atoms with Gasteiger partial charge in [0.25, 0.3) is 0 Å². The van der Waals surface area contributed by atoms with Gasteiger partial charge in [-0.15, -0.1) is 0 Å². The molecule has 0 spiro atoms. The van der Waals surface area contributed by atoms with E-state index in [1.165, 1.54) is 0 Å². The Hall–Kier alpha value is -3.91. The van der Waals surface area contributed by atoms with Gasteiger partial charge in [0.2, 0.25) is 5.39 Å². The summed E-state index contributed by atoms with van der Waals surface area (Å²) in [6, 6.07) is 22.1. The normalized spacial score (nSPS) is 10.2. The molecule has 0 atom stereocenters. The number of nitrogens with one attached hydrogen (secondary N) is 3. The van der Waals surface area contributed by atoms with Crippen molar-refractivity contribution >= 4 is 23.8 Å². The predicted octanol–water partition coefficient (Wildman–Crippen LogP) is 4.38. The number of para-hydroxylation sites is 6. The van der Waals surface area contributed by atoms with E-state index in [2.05, 4.69) is 27.9 Å². The van der Waals surface area contributed by atoms with Gasteiger partial charge in [-0.1, -0.05) is 36.4 Å². The minimum Gasteiger partial charge on any atom is -0.385 e. The van der Waals surface area contributed by atoms with E-state index in [0.29, 0.717) is 22.9 Å². The van der Waals surface area contributed by atoms with E-state index in [1.54, 1.807) is 38.4 Å². The Morgan fingerprint density at radius 1 is 0.655 bits per heavy atom. The molecule has 8 nitrogen and oxygen atoms in total. The molecule has 3 aromatic carbocycles. The van der Waals surface area contributed by atoms with Crippen LogP contribution < -0.4 is 30.6 Å². The summed E-state index contributed by atoms with van der Waals surface area (Å²) in [5, 5.41) is 10.8. The van der Waals surface area contributed by atoms with Gasteiger partial charge >= 0.3 is 0 Å². The standard InChI is InChI=1S/C21H23N5O3/c1-22-16-10-4-7-13-19(16)27-26(28-20-14-8-5-11-17(20)23-2)29-21-15-9-6-12-18(21)25-24-3/h4-15,22-23,25H,3H2,1-2H3. The lowest BCUT2D eigenvalue weighted by molar-refractivity contribution is -0.408. The van der Waals surface area contributed by atoms with Gasteiger partial charge in [-0.2, -0.15) is 5.10 Å². The molecule has 3 aromatic rings. The Morgan fingerprint density at radius 3 is 1.45 bits per heavy atom. The van der Waals surface area contributed by atoms with Crippen molar-refractivity contribution in [3.8, 4) is 17.2 Å². The van der Waals surface area contributed by atoms with E-state index >= 15 is 0 Å². The van der Waals surface area contributed by atoms with Gasteiger partial charge in [0.1, 0.15) is 5.69 Å². The fraction of sp³-hybridized carbons (Fsp3) is 0.0952. The highest BCUT2D eigenvalue weighted by atomic mass is 17.2. The number of anilines is 3. The Kier molecular flexibility index (Phi) is 6.75. The van der Waals surface area contributed by atoms with Crippen LogP contribution in [0, 0.1) is 0 Å². The number of hydrogen-bond acceptors (Lipinski definition) is 8. The van der Waals surface area contributed by atoms with Gasteiger partial charge in [0.05, 0.1) is 11.4 Å². The smallest absolute Gasteiger partial charge is 0.234 e. The lowest BCUT2D eigenvalue weighted by Crippen LogP contribution is -2.35. The van der Waals surface area contributed by atoms with Gasteiger partial charge in [-0.05, 0) is 36.4 Å². The second-order valence-electron chi connectivity index (χ2n) is 5.76. The number of rotatable bonds is 10. The van der Waals surface area contributed by atoms with Crippen LogP contribution in [0.5, 0.6) is 17.2 Å². The zero-order valence-corrected chi connectivity index (χ0v) is 16.3. The molecular formula is C21H23N5O3. The lowest BCUT2D eigenvalue weighted by atomic mass is 10.3. The maximum Gasteiger partial charge on any atom is 0.234 e. The molecule has 0 amide bonds. The summed E-state index contributed by atoms with van der Waals surface area (Å²) in [6.07, 6.45) is 0. The first-order chi connectivity index (χ1) is 14.2. The molecule has 0 heterocycles. The summed E-state index contributed by atoms with van der Waals surface area (Å²) < 4.78 is 0. The summed E-state index contributed by atoms with van der Waals surface area (Å²) in [6.45, 7) is 3.45. The Morgan fingerprint density at radius 2 is 1.03 bits per heavy atom. The predicted molar refractivity (Wildman–Crippen MR) is 115 cm³/mol. The van der Waals surface area contributed by atoms with Gasteiger partial charge in [-0.3, -0.25) is 5.43 Å². The summed E-state index contributed by atoms with van der Waals surface area (Å²) in [5.41, 5.74) is 4.92. The van der Waals surface area contributed by atoms with Crippen molar-refractivity contribution in [3.05, 3.63) is 72.8 Å². The van der Waals surface area contributed by atoms with Crippen LogP contribution >= 0.6 is 0 Å². The molecule has 0 aliphatic carbocycles. The molecule has 0 aromatic heterocycles. The SMILES string of the molecule is C=NNc1ccccc1ON(Oc1ccccc1NC)Oc1ccccc1NC. The molecule has 0 saturated carbocycles. The van der Waals surface area contributed by atoms with Crippen molar-refractivity contribution in [2.24, 2.45) is 5.10 Å². The van der Waals surface area contributed by atoms with Crippen LogP contribution in [0.15, 0.2) is 77.9 Å². The lowest BCUT2D eigenvalue weighted by Gasteiger charge is -2.23. The molecule has 0 bridgehead atoms. The number of benzene rings is 3. The van der Waals surface area contributed by atoms with Crippen molar-refractivity contribution < 1.29 is 14.5 Å². The average molecular weight is 393 g/mol. The third-order valence-electron chi connectivity index (χ3n) is 3.92. The molecule has 8 heteroatoms. The van der Waals surface area contributed by atoms with Crippen molar-refractivity contribution in [1.82, 2.24) is 5.39 Å². The maximum atomic E-state index is 5.90. The summed E-state index contributed by atoms with van der Waals surface area (Å²) in [7, 11) is 3.61. The fourth-order valence-corrected chi connectivity index (χ4v) is 2.53. The number of hydrazone groups is 1. The third-order valence-corrected chi connectivity index (χ3v) is 3.92. The highest BCUT2D eigenvalue weighted by Gasteiger charge is 2.18. The molecule has 0 unspecified atom stereocenters. The minimum atomic E-state index is 0.434. The summed E-state index contributed by atoms with van der Waals surface area (Å²) in [5.74, 6) is 1.47. The highest BCUT2D eigenvalue weighted by Crippen LogP contribution is 2.30. The van der Waals surface area contributed by atoms with Crippen molar-refractivity contribution in [2.75, 3.05) is 30.2 Å². The molecule has 0 radical (unpaired) electrons. The zero-order chi connectivity index (χ0) is 20.5. The van der Waals surface area contributed by atoms with Crippen LogP contribution in [0.2, 0.25) is 0 Å². The van der Waals surface area contributed by atoms with E-state index < -0.39 is 0 Å². The first-order valence-corrected chi connectivity index (χ1v) is 8.93. The van der Waals surface area contributed by atoms with E-state index in [9.17, 15) is 0 Å². The Bertz CT molecular complexity index is 901. The Labute approximate surface area is 169 Å². The molecule has 3 N–H and O–H groups in total. The molecule has 150 valence electrons.